The Bertz CT molecular complexity index is 3100. The van der Waals surface area contributed by atoms with Gasteiger partial charge in [0.1, 0.15) is 6.29 Å². The van der Waals surface area contributed by atoms with E-state index in [0.29, 0.717) is 0 Å². The molecule has 2 atom stereocenters. The lowest BCUT2D eigenvalue weighted by Crippen LogP contribution is -2.31. The van der Waals surface area contributed by atoms with E-state index in [2.05, 4.69) is 219 Å². The number of benzene rings is 8. The largest absolute Gasteiger partial charge is 0.362 e. The fraction of sp³-hybridized carbons (Fsp3) is 0.0926. The summed E-state index contributed by atoms with van der Waals surface area (Å²) in [6, 6.07) is 67.0. The zero-order valence-corrected chi connectivity index (χ0v) is 34.4. The average molecular weight is 872 g/mol. The van der Waals surface area contributed by atoms with Crippen molar-refractivity contribution in [2.24, 2.45) is 0 Å². The second-order valence-electron chi connectivity index (χ2n) is 16.0. The number of hydrogen-bond donors (Lipinski definition) is 0. The van der Waals surface area contributed by atoms with E-state index in [0.717, 1.165) is 54.1 Å². The molecule has 1 saturated heterocycles. The maximum Gasteiger partial charge on any atom is 0.142 e. The minimum Gasteiger partial charge on any atom is -0.362 e. The second kappa shape index (κ2) is 13.3. The Balaban J connectivity index is 1.07. The molecule has 2 aliphatic carbocycles. The number of nitrogens with zero attached hydrogens (tertiary/aromatic N) is 3. The maximum absolute atomic E-state index is 12.3. The monoisotopic (exact) mass is 871 g/mol. The maximum atomic E-state index is 12.3. The number of anilines is 4. The lowest BCUT2D eigenvalue weighted by Gasteiger charge is -2.33. The average Bonchev–Trinajstić information content (AvgIpc) is 4.04. The summed E-state index contributed by atoms with van der Waals surface area (Å²) >= 11 is 2.48. The van der Waals surface area contributed by atoms with Gasteiger partial charge >= 0.3 is 0 Å². The molecule has 9 aromatic rings. The van der Waals surface area contributed by atoms with Crippen molar-refractivity contribution in [3.63, 3.8) is 0 Å². The van der Waals surface area contributed by atoms with Crippen molar-refractivity contribution in [2.75, 3.05) is 16.3 Å². The van der Waals surface area contributed by atoms with Gasteiger partial charge in [-0.3, -0.25) is 0 Å². The lowest BCUT2D eigenvalue weighted by atomic mass is 9.70. The molecule has 1 spiro atoms. The van der Waals surface area contributed by atoms with Crippen LogP contribution in [0.3, 0.4) is 0 Å². The van der Waals surface area contributed by atoms with Crippen molar-refractivity contribution in [3.8, 4) is 27.9 Å². The molecule has 0 bridgehead atoms. The molecule has 3 aliphatic rings. The normalized spacial score (nSPS) is 17.3. The van der Waals surface area contributed by atoms with E-state index in [1.165, 1.54) is 69.9 Å². The first-order valence-corrected chi connectivity index (χ1v) is 21.6. The Morgan fingerprint density at radius 2 is 1.08 bits per heavy atom. The number of carbonyl (C=O) groups is 1. The zero-order chi connectivity index (χ0) is 39.2. The molecule has 5 heteroatoms. The number of aromatic nitrogens is 1. The van der Waals surface area contributed by atoms with Gasteiger partial charge in [-0.2, -0.15) is 0 Å². The summed E-state index contributed by atoms with van der Waals surface area (Å²) in [4.78, 5) is 17.0. The first-order chi connectivity index (χ1) is 29.1. The summed E-state index contributed by atoms with van der Waals surface area (Å²) in [7, 11) is 0. The third-order valence-corrected chi connectivity index (χ3v) is 13.8. The Labute approximate surface area is 357 Å². The quantitative estimate of drug-likeness (QED) is 0.123. The molecule has 0 saturated carbocycles. The first-order valence-electron chi connectivity index (χ1n) is 20.5. The van der Waals surface area contributed by atoms with Crippen LogP contribution in [0, 0.1) is 3.57 Å². The summed E-state index contributed by atoms with van der Waals surface area (Å²) in [6.07, 6.45) is 3.05. The standard InChI is InChI=1S/C54H38IN3O/c55-35-20-27-43-45-28-25-39(56-30-10-13-41(56)34-59)32-50(45)54(49(43)31-35)48-17-7-4-14-42(48)44-29-26-40(33-51(44)54)57(36-11-2-1-3-12-36)37-21-23-38(24-22-37)58-52-18-8-5-15-46(52)47-16-6-9-19-53(47)58/h1-9,11-12,14-29,31-34,41H,10,13,30H2/t41-,54?/m0/s1. The predicted molar refractivity (Wildman–Crippen MR) is 251 cm³/mol. The third-order valence-electron chi connectivity index (χ3n) is 13.1. The molecule has 282 valence electrons. The van der Waals surface area contributed by atoms with E-state index < -0.39 is 5.41 Å². The Morgan fingerprint density at radius 3 is 1.83 bits per heavy atom. The van der Waals surface area contributed by atoms with Crippen LogP contribution >= 0.6 is 22.6 Å². The summed E-state index contributed by atoms with van der Waals surface area (Å²) < 4.78 is 3.59. The first kappa shape index (κ1) is 34.6. The van der Waals surface area contributed by atoms with Crippen LogP contribution in [0.25, 0.3) is 49.7 Å². The van der Waals surface area contributed by atoms with Crippen molar-refractivity contribution >= 4 is 73.4 Å². The fourth-order valence-corrected chi connectivity index (χ4v) is 11.2. The van der Waals surface area contributed by atoms with Gasteiger partial charge < -0.3 is 19.2 Å². The van der Waals surface area contributed by atoms with Crippen molar-refractivity contribution in [3.05, 3.63) is 208 Å². The highest BCUT2D eigenvalue weighted by Gasteiger charge is 2.52. The highest BCUT2D eigenvalue weighted by molar-refractivity contribution is 14.1. The van der Waals surface area contributed by atoms with Gasteiger partial charge in [-0.15, -0.1) is 0 Å². The fourth-order valence-electron chi connectivity index (χ4n) is 10.7. The van der Waals surface area contributed by atoms with E-state index >= 15 is 0 Å². The Hall–Kier alpha value is -6.44. The highest BCUT2D eigenvalue weighted by Crippen LogP contribution is 2.64. The second-order valence-corrected chi connectivity index (χ2v) is 17.3. The van der Waals surface area contributed by atoms with Crippen LogP contribution in [0.5, 0.6) is 0 Å². The van der Waals surface area contributed by atoms with Crippen LogP contribution in [0.1, 0.15) is 35.1 Å². The molecule has 1 aromatic heterocycles. The number of fused-ring (bicyclic) bond motifs is 13. The molecule has 59 heavy (non-hydrogen) atoms. The summed E-state index contributed by atoms with van der Waals surface area (Å²) in [5.74, 6) is 0. The Kier molecular flexibility index (Phi) is 7.80. The molecule has 8 aromatic carbocycles. The lowest BCUT2D eigenvalue weighted by molar-refractivity contribution is -0.108. The number of carbonyl (C=O) groups excluding carboxylic acids is 1. The molecule has 4 nitrogen and oxygen atoms in total. The highest BCUT2D eigenvalue weighted by atomic mass is 127. The predicted octanol–water partition coefficient (Wildman–Crippen LogP) is 13.4. The molecule has 0 amide bonds. The zero-order valence-electron chi connectivity index (χ0n) is 32.2. The van der Waals surface area contributed by atoms with Gasteiger partial charge in [-0.1, -0.05) is 97.1 Å². The number of hydrogen-bond acceptors (Lipinski definition) is 3. The van der Waals surface area contributed by atoms with Gasteiger partial charge in [0.25, 0.3) is 0 Å². The van der Waals surface area contributed by atoms with Crippen LogP contribution in [0.2, 0.25) is 0 Å². The molecule has 12 rings (SSSR count). The van der Waals surface area contributed by atoms with Crippen LogP contribution in [-0.4, -0.2) is 23.4 Å². The van der Waals surface area contributed by atoms with Crippen LogP contribution in [0.4, 0.5) is 22.7 Å². The third kappa shape index (κ3) is 4.97. The van der Waals surface area contributed by atoms with Crippen LogP contribution in [0.15, 0.2) is 182 Å². The molecule has 1 aliphatic heterocycles. The molecule has 0 N–H and O–H groups in total. The SMILES string of the molecule is O=C[C@@H]1CCCN1c1ccc2c(c1)C1(c3ccccc3-c3ccc(N(c4ccccc4)c4ccc(-n5c6ccccc6c6ccccc65)cc4)cc31)c1cc(I)ccc1-2. The van der Waals surface area contributed by atoms with E-state index in [4.69, 9.17) is 0 Å². The van der Waals surface area contributed by atoms with E-state index in [1.54, 1.807) is 0 Å². The van der Waals surface area contributed by atoms with Crippen LogP contribution < -0.4 is 9.80 Å². The number of para-hydroxylation sites is 3. The smallest absolute Gasteiger partial charge is 0.142 e. The minimum atomic E-state index is -0.539. The van der Waals surface area contributed by atoms with Crippen LogP contribution in [-0.2, 0) is 10.2 Å². The topological polar surface area (TPSA) is 28.5 Å². The van der Waals surface area contributed by atoms with E-state index in [-0.39, 0.29) is 6.04 Å². The van der Waals surface area contributed by atoms with Crippen molar-refractivity contribution in [2.45, 2.75) is 24.3 Å². The molecule has 1 unspecified atom stereocenters. The van der Waals surface area contributed by atoms with Gasteiger partial charge in [0.15, 0.2) is 0 Å². The van der Waals surface area contributed by atoms with Gasteiger partial charge in [0.05, 0.1) is 22.5 Å². The number of halogens is 1. The summed E-state index contributed by atoms with van der Waals surface area (Å²) in [6.45, 7) is 0.888. The van der Waals surface area contributed by atoms with Crippen molar-refractivity contribution in [1.82, 2.24) is 4.57 Å². The molecular formula is C54H38IN3O. The molecule has 2 heterocycles. The minimum absolute atomic E-state index is 0.0933. The molecular weight excluding hydrogens is 834 g/mol. The van der Waals surface area contributed by atoms with E-state index in [9.17, 15) is 4.79 Å². The van der Waals surface area contributed by atoms with Crippen molar-refractivity contribution < 1.29 is 4.79 Å². The number of aldehydes is 1. The van der Waals surface area contributed by atoms with Gasteiger partial charge in [-0.25, -0.2) is 0 Å². The molecule has 0 radical (unpaired) electrons. The summed E-state index contributed by atoms with van der Waals surface area (Å²) in [5.41, 5.74) is 17.6. The van der Waals surface area contributed by atoms with Gasteiger partial charge in [0.2, 0.25) is 0 Å². The Morgan fingerprint density at radius 1 is 0.525 bits per heavy atom. The van der Waals surface area contributed by atoms with Gasteiger partial charge in [0, 0.05) is 49.3 Å². The molecule has 1 fully saturated rings. The van der Waals surface area contributed by atoms with Crippen molar-refractivity contribution in [1.29, 1.82) is 0 Å². The van der Waals surface area contributed by atoms with E-state index in [1.807, 2.05) is 0 Å². The van der Waals surface area contributed by atoms with Gasteiger partial charge in [-0.05, 0) is 165 Å². The number of rotatable bonds is 6. The summed E-state index contributed by atoms with van der Waals surface area (Å²) in [5, 5.41) is 2.51.